The zero-order valence-electron chi connectivity index (χ0n) is 9.91. The average Bonchev–Trinajstić information content (AvgIpc) is 2.28. The normalized spacial score (nSPS) is 10.4. The summed E-state index contributed by atoms with van der Waals surface area (Å²) in [6.07, 6.45) is 1.66. The van der Waals surface area contributed by atoms with Gasteiger partial charge in [-0.05, 0) is 41.9 Å². The molecule has 0 N–H and O–H groups in total. The van der Waals surface area contributed by atoms with E-state index < -0.39 is 5.82 Å². The van der Waals surface area contributed by atoms with Crippen LogP contribution < -0.4 is 0 Å². The lowest BCUT2D eigenvalue weighted by Crippen LogP contribution is -2.37. The highest BCUT2D eigenvalue weighted by atomic mass is 79.9. The number of amides is 1. The predicted octanol–water partition coefficient (Wildman–Crippen LogP) is 3.62. The number of hydrogen-bond acceptors (Lipinski definition) is 1. The standard InChI is InChI=1S/C13H15BrFNO/c1-4-8-16(9(2)3)13(17)10-6-5-7-11(15)12(10)14/h4-7,9H,1,8H2,2-3H3. The van der Waals surface area contributed by atoms with Crippen LogP contribution in [0.3, 0.4) is 0 Å². The summed E-state index contributed by atoms with van der Waals surface area (Å²) in [5, 5.41) is 0. The monoisotopic (exact) mass is 299 g/mol. The molecule has 0 atom stereocenters. The van der Waals surface area contributed by atoms with Crippen LogP contribution in [0.15, 0.2) is 35.3 Å². The van der Waals surface area contributed by atoms with E-state index >= 15 is 0 Å². The van der Waals surface area contributed by atoms with Crippen molar-refractivity contribution in [3.63, 3.8) is 0 Å². The molecule has 0 aliphatic carbocycles. The predicted molar refractivity (Wildman–Crippen MR) is 70.5 cm³/mol. The summed E-state index contributed by atoms with van der Waals surface area (Å²) in [5.41, 5.74) is 0.334. The Morgan fingerprint density at radius 2 is 2.24 bits per heavy atom. The largest absolute Gasteiger partial charge is 0.332 e. The highest BCUT2D eigenvalue weighted by Crippen LogP contribution is 2.22. The van der Waals surface area contributed by atoms with Crippen molar-refractivity contribution in [1.82, 2.24) is 4.90 Å². The minimum Gasteiger partial charge on any atom is -0.332 e. The molecule has 1 amide bonds. The first-order valence-electron chi connectivity index (χ1n) is 5.35. The molecule has 0 spiro atoms. The Balaban J connectivity index is 3.09. The van der Waals surface area contributed by atoms with Crippen molar-refractivity contribution in [2.45, 2.75) is 19.9 Å². The zero-order chi connectivity index (χ0) is 13.0. The van der Waals surface area contributed by atoms with Crippen LogP contribution in [0, 0.1) is 5.82 Å². The molecule has 0 heterocycles. The quantitative estimate of drug-likeness (QED) is 0.778. The topological polar surface area (TPSA) is 20.3 Å². The third-order valence-corrected chi connectivity index (χ3v) is 3.20. The molecule has 0 radical (unpaired) electrons. The van der Waals surface area contributed by atoms with Crippen molar-refractivity contribution in [3.8, 4) is 0 Å². The first-order valence-corrected chi connectivity index (χ1v) is 6.14. The van der Waals surface area contributed by atoms with Gasteiger partial charge in [-0.25, -0.2) is 4.39 Å². The van der Waals surface area contributed by atoms with E-state index in [4.69, 9.17) is 0 Å². The Hall–Kier alpha value is -1.16. The fraction of sp³-hybridized carbons (Fsp3) is 0.308. The molecule has 1 aromatic carbocycles. The summed E-state index contributed by atoms with van der Waals surface area (Å²) in [5.74, 6) is -0.635. The van der Waals surface area contributed by atoms with Gasteiger partial charge in [0.15, 0.2) is 0 Å². The molecule has 0 bridgehead atoms. The fourth-order valence-electron chi connectivity index (χ4n) is 1.49. The molecule has 1 rings (SSSR count). The van der Waals surface area contributed by atoms with Crippen molar-refractivity contribution in [1.29, 1.82) is 0 Å². The zero-order valence-corrected chi connectivity index (χ0v) is 11.5. The minimum atomic E-state index is -0.432. The van der Waals surface area contributed by atoms with Crippen LogP contribution in [0.4, 0.5) is 4.39 Å². The van der Waals surface area contributed by atoms with Gasteiger partial charge in [0.05, 0.1) is 10.0 Å². The van der Waals surface area contributed by atoms with Gasteiger partial charge in [-0.2, -0.15) is 0 Å². The summed E-state index contributed by atoms with van der Waals surface area (Å²) < 4.78 is 13.6. The van der Waals surface area contributed by atoms with Gasteiger partial charge in [0.1, 0.15) is 5.82 Å². The molecule has 0 fully saturated rings. The van der Waals surface area contributed by atoms with Crippen LogP contribution in [0.2, 0.25) is 0 Å². The van der Waals surface area contributed by atoms with Crippen molar-refractivity contribution in [2.24, 2.45) is 0 Å². The van der Waals surface area contributed by atoms with Crippen LogP contribution >= 0.6 is 15.9 Å². The van der Waals surface area contributed by atoms with Gasteiger partial charge in [0, 0.05) is 12.6 Å². The van der Waals surface area contributed by atoms with Gasteiger partial charge < -0.3 is 4.90 Å². The van der Waals surface area contributed by atoms with Crippen molar-refractivity contribution >= 4 is 21.8 Å². The van der Waals surface area contributed by atoms with E-state index in [-0.39, 0.29) is 16.4 Å². The smallest absolute Gasteiger partial charge is 0.255 e. The molecule has 0 saturated carbocycles. The lowest BCUT2D eigenvalue weighted by atomic mass is 10.1. The second-order valence-electron chi connectivity index (χ2n) is 3.94. The summed E-state index contributed by atoms with van der Waals surface area (Å²) in [7, 11) is 0. The Bertz CT molecular complexity index is 431. The van der Waals surface area contributed by atoms with Crippen LogP contribution in [0.5, 0.6) is 0 Å². The van der Waals surface area contributed by atoms with Crippen molar-refractivity contribution in [2.75, 3.05) is 6.54 Å². The lowest BCUT2D eigenvalue weighted by Gasteiger charge is -2.25. The summed E-state index contributed by atoms with van der Waals surface area (Å²) in [6, 6.07) is 4.48. The number of hydrogen-bond donors (Lipinski definition) is 0. The summed E-state index contributed by atoms with van der Waals surface area (Å²) in [6.45, 7) is 7.89. The highest BCUT2D eigenvalue weighted by Gasteiger charge is 2.20. The van der Waals surface area contributed by atoms with Gasteiger partial charge in [-0.3, -0.25) is 4.79 Å². The fourth-order valence-corrected chi connectivity index (χ4v) is 1.92. The van der Waals surface area contributed by atoms with E-state index in [9.17, 15) is 9.18 Å². The first kappa shape index (κ1) is 13.9. The Morgan fingerprint density at radius 1 is 1.59 bits per heavy atom. The van der Waals surface area contributed by atoms with E-state index in [0.29, 0.717) is 12.1 Å². The van der Waals surface area contributed by atoms with Gasteiger partial charge >= 0.3 is 0 Å². The summed E-state index contributed by atoms with van der Waals surface area (Å²) in [4.78, 5) is 13.9. The SMILES string of the molecule is C=CCN(C(=O)c1cccc(F)c1Br)C(C)C. The molecular weight excluding hydrogens is 285 g/mol. The van der Waals surface area contributed by atoms with E-state index in [1.54, 1.807) is 17.0 Å². The lowest BCUT2D eigenvalue weighted by molar-refractivity contribution is 0.0727. The number of nitrogens with zero attached hydrogens (tertiary/aromatic N) is 1. The average molecular weight is 300 g/mol. The number of rotatable bonds is 4. The maximum atomic E-state index is 13.4. The van der Waals surface area contributed by atoms with Crippen LogP contribution in [-0.2, 0) is 0 Å². The maximum absolute atomic E-state index is 13.4. The molecule has 0 aliphatic heterocycles. The van der Waals surface area contributed by atoms with E-state index in [2.05, 4.69) is 22.5 Å². The van der Waals surface area contributed by atoms with Crippen LogP contribution in [-0.4, -0.2) is 23.4 Å². The van der Waals surface area contributed by atoms with E-state index in [1.165, 1.54) is 12.1 Å². The molecule has 0 aliphatic rings. The van der Waals surface area contributed by atoms with Crippen LogP contribution in [0.1, 0.15) is 24.2 Å². The molecule has 4 heteroatoms. The highest BCUT2D eigenvalue weighted by molar-refractivity contribution is 9.10. The second-order valence-corrected chi connectivity index (χ2v) is 4.73. The number of carbonyl (C=O) groups is 1. The third kappa shape index (κ3) is 3.16. The second kappa shape index (κ2) is 5.96. The number of benzene rings is 1. The number of halogens is 2. The Labute approximate surface area is 109 Å². The van der Waals surface area contributed by atoms with Gasteiger partial charge in [0.2, 0.25) is 0 Å². The molecule has 2 nitrogen and oxygen atoms in total. The Kier molecular flexibility index (Phi) is 4.87. The van der Waals surface area contributed by atoms with Crippen molar-refractivity contribution < 1.29 is 9.18 Å². The Morgan fingerprint density at radius 3 is 2.76 bits per heavy atom. The molecule has 0 saturated heterocycles. The van der Waals surface area contributed by atoms with Gasteiger partial charge in [-0.15, -0.1) is 6.58 Å². The van der Waals surface area contributed by atoms with E-state index in [1.807, 2.05) is 13.8 Å². The molecule has 0 aromatic heterocycles. The molecule has 92 valence electrons. The molecule has 0 unspecified atom stereocenters. The third-order valence-electron chi connectivity index (χ3n) is 2.39. The van der Waals surface area contributed by atoms with Crippen LogP contribution in [0.25, 0.3) is 0 Å². The van der Waals surface area contributed by atoms with Gasteiger partial charge in [0.25, 0.3) is 5.91 Å². The summed E-state index contributed by atoms with van der Waals surface area (Å²) >= 11 is 3.10. The first-order chi connectivity index (χ1) is 7.99. The molecule has 1 aromatic rings. The van der Waals surface area contributed by atoms with Gasteiger partial charge in [-0.1, -0.05) is 12.1 Å². The minimum absolute atomic E-state index is 0.0377. The number of carbonyl (C=O) groups excluding carboxylic acids is 1. The van der Waals surface area contributed by atoms with Crippen molar-refractivity contribution in [3.05, 3.63) is 46.7 Å². The molecular formula is C13H15BrFNO. The van der Waals surface area contributed by atoms with E-state index in [0.717, 1.165) is 0 Å². The molecule has 17 heavy (non-hydrogen) atoms. The maximum Gasteiger partial charge on any atom is 0.255 e.